The van der Waals surface area contributed by atoms with E-state index in [9.17, 15) is 4.39 Å². The summed E-state index contributed by atoms with van der Waals surface area (Å²) in [6.45, 7) is 4.74. The number of aryl methyl sites for hydroxylation is 1. The molecule has 2 aliphatic rings. The molecule has 6 rings (SSSR count). The van der Waals surface area contributed by atoms with Gasteiger partial charge < -0.3 is 9.80 Å². The van der Waals surface area contributed by atoms with E-state index in [1.807, 2.05) is 12.3 Å². The van der Waals surface area contributed by atoms with E-state index in [1.54, 1.807) is 17.9 Å². The van der Waals surface area contributed by atoms with Crippen LogP contribution in [0.2, 0.25) is 0 Å². The van der Waals surface area contributed by atoms with Gasteiger partial charge in [0.2, 0.25) is 0 Å². The van der Waals surface area contributed by atoms with Crippen molar-refractivity contribution in [1.82, 2.24) is 24.6 Å². The quantitative estimate of drug-likeness (QED) is 0.505. The van der Waals surface area contributed by atoms with Gasteiger partial charge in [0, 0.05) is 60.6 Å². The van der Waals surface area contributed by atoms with Gasteiger partial charge >= 0.3 is 0 Å². The van der Waals surface area contributed by atoms with Crippen LogP contribution >= 0.6 is 0 Å². The SMILES string of the molecule is Cn1cc2cc(-c3ncc4cc(N5CCC(N6CCC6)CC5)ccc4n3)cc(F)c2n1. The number of nitrogens with zero attached hydrogens (tertiary/aromatic N) is 6. The minimum atomic E-state index is -0.353. The summed E-state index contributed by atoms with van der Waals surface area (Å²) in [5.41, 5.74) is 3.14. The molecule has 2 fully saturated rings. The molecule has 0 N–H and O–H groups in total. The van der Waals surface area contributed by atoms with Crippen molar-refractivity contribution in [3.63, 3.8) is 0 Å². The molecule has 31 heavy (non-hydrogen) atoms. The van der Waals surface area contributed by atoms with Gasteiger partial charge in [-0.05, 0) is 62.7 Å². The third kappa shape index (κ3) is 3.33. The largest absolute Gasteiger partial charge is 0.371 e. The van der Waals surface area contributed by atoms with Crippen LogP contribution in [0.5, 0.6) is 0 Å². The lowest BCUT2D eigenvalue weighted by atomic mass is 9.99. The number of hydrogen-bond donors (Lipinski definition) is 0. The van der Waals surface area contributed by atoms with Crippen molar-refractivity contribution >= 4 is 27.5 Å². The summed E-state index contributed by atoms with van der Waals surface area (Å²) in [6, 6.07) is 10.5. The Balaban J connectivity index is 1.26. The van der Waals surface area contributed by atoms with E-state index in [0.717, 1.165) is 35.4 Å². The minimum Gasteiger partial charge on any atom is -0.371 e. The molecular formula is C24H25FN6. The number of rotatable bonds is 3. The Labute approximate surface area is 180 Å². The van der Waals surface area contributed by atoms with Gasteiger partial charge in [-0.25, -0.2) is 14.4 Å². The van der Waals surface area contributed by atoms with Crippen LogP contribution in [0.3, 0.4) is 0 Å². The zero-order valence-corrected chi connectivity index (χ0v) is 17.6. The molecule has 0 unspecified atom stereocenters. The van der Waals surface area contributed by atoms with Crippen molar-refractivity contribution in [2.75, 3.05) is 31.1 Å². The van der Waals surface area contributed by atoms with E-state index in [4.69, 9.17) is 4.98 Å². The Morgan fingerprint density at radius 3 is 2.61 bits per heavy atom. The third-order valence-corrected chi connectivity index (χ3v) is 6.73. The Morgan fingerprint density at radius 2 is 1.84 bits per heavy atom. The average molecular weight is 417 g/mol. The first-order valence-electron chi connectivity index (χ1n) is 11.0. The van der Waals surface area contributed by atoms with Crippen LogP contribution in [-0.4, -0.2) is 56.9 Å². The van der Waals surface area contributed by atoms with Crippen LogP contribution in [0.15, 0.2) is 42.7 Å². The van der Waals surface area contributed by atoms with Crippen molar-refractivity contribution < 1.29 is 4.39 Å². The molecule has 0 aliphatic carbocycles. The smallest absolute Gasteiger partial charge is 0.159 e. The minimum absolute atomic E-state index is 0.353. The summed E-state index contributed by atoms with van der Waals surface area (Å²) >= 11 is 0. The molecule has 2 saturated heterocycles. The number of likely N-dealkylation sites (tertiary alicyclic amines) is 1. The normalized spacial score (nSPS) is 18.1. The van der Waals surface area contributed by atoms with Gasteiger partial charge in [0.05, 0.1) is 5.52 Å². The number of anilines is 1. The van der Waals surface area contributed by atoms with Crippen molar-refractivity contribution in [2.45, 2.75) is 25.3 Å². The maximum atomic E-state index is 14.5. The van der Waals surface area contributed by atoms with Crippen molar-refractivity contribution in [2.24, 2.45) is 7.05 Å². The number of piperidine rings is 1. The lowest BCUT2D eigenvalue weighted by Crippen LogP contribution is -2.50. The Bertz CT molecular complexity index is 1270. The van der Waals surface area contributed by atoms with Gasteiger partial charge in [-0.15, -0.1) is 0 Å². The fraction of sp³-hybridized carbons (Fsp3) is 0.375. The van der Waals surface area contributed by atoms with Crippen molar-refractivity contribution in [3.05, 3.63) is 48.5 Å². The number of fused-ring (bicyclic) bond motifs is 2. The van der Waals surface area contributed by atoms with Gasteiger partial charge in [0.25, 0.3) is 0 Å². The first-order valence-corrected chi connectivity index (χ1v) is 11.0. The first-order chi connectivity index (χ1) is 15.1. The summed E-state index contributed by atoms with van der Waals surface area (Å²) in [5, 5.41) is 5.92. The number of benzene rings is 2. The molecule has 2 aromatic carbocycles. The molecule has 158 valence electrons. The summed E-state index contributed by atoms with van der Waals surface area (Å²) in [6.07, 6.45) is 7.47. The topological polar surface area (TPSA) is 50.1 Å². The van der Waals surface area contributed by atoms with Crippen LogP contribution in [0.25, 0.3) is 33.2 Å². The highest BCUT2D eigenvalue weighted by molar-refractivity contribution is 5.86. The number of halogens is 1. The van der Waals surface area contributed by atoms with E-state index in [0.29, 0.717) is 16.9 Å². The van der Waals surface area contributed by atoms with E-state index in [-0.39, 0.29) is 5.82 Å². The van der Waals surface area contributed by atoms with Crippen LogP contribution in [0.4, 0.5) is 10.1 Å². The molecule has 2 aromatic heterocycles. The van der Waals surface area contributed by atoms with Gasteiger partial charge in [0.15, 0.2) is 11.6 Å². The average Bonchev–Trinajstić information content (AvgIpc) is 3.13. The van der Waals surface area contributed by atoms with Crippen molar-refractivity contribution in [3.8, 4) is 11.4 Å². The molecular weight excluding hydrogens is 391 g/mol. The first kappa shape index (κ1) is 18.7. The highest BCUT2D eigenvalue weighted by Gasteiger charge is 2.27. The predicted octanol–water partition coefficient (Wildman–Crippen LogP) is 4.00. The summed E-state index contributed by atoms with van der Waals surface area (Å²) in [7, 11) is 1.79. The van der Waals surface area contributed by atoms with Crippen LogP contribution in [0, 0.1) is 5.82 Å². The lowest BCUT2D eigenvalue weighted by molar-refractivity contribution is 0.100. The molecule has 0 amide bonds. The fourth-order valence-corrected chi connectivity index (χ4v) is 4.89. The summed E-state index contributed by atoms with van der Waals surface area (Å²) < 4.78 is 16.1. The molecule has 6 nitrogen and oxygen atoms in total. The highest BCUT2D eigenvalue weighted by Crippen LogP contribution is 2.29. The maximum Gasteiger partial charge on any atom is 0.159 e. The fourth-order valence-electron chi connectivity index (χ4n) is 4.89. The zero-order chi connectivity index (χ0) is 20.9. The third-order valence-electron chi connectivity index (χ3n) is 6.73. The molecule has 0 bridgehead atoms. The van der Waals surface area contributed by atoms with E-state index >= 15 is 0 Å². The molecule has 0 atom stereocenters. The van der Waals surface area contributed by atoms with E-state index in [2.05, 4.69) is 38.1 Å². The molecule has 0 radical (unpaired) electrons. The predicted molar refractivity (Wildman–Crippen MR) is 121 cm³/mol. The molecule has 4 heterocycles. The highest BCUT2D eigenvalue weighted by atomic mass is 19.1. The lowest BCUT2D eigenvalue weighted by Gasteiger charge is -2.43. The molecule has 0 saturated carbocycles. The maximum absolute atomic E-state index is 14.5. The Morgan fingerprint density at radius 1 is 1.00 bits per heavy atom. The number of hydrogen-bond acceptors (Lipinski definition) is 5. The van der Waals surface area contributed by atoms with Crippen LogP contribution in [-0.2, 0) is 7.05 Å². The van der Waals surface area contributed by atoms with Gasteiger partial charge in [-0.1, -0.05) is 0 Å². The standard InChI is InChI=1S/C24H25FN6/c1-29-15-18-11-16(13-21(25)23(18)28-29)24-26-14-17-12-20(3-4-22(17)27-24)31-9-5-19(6-10-31)30-7-2-8-30/h3-4,11-15,19H,2,5-10H2,1H3. The monoisotopic (exact) mass is 416 g/mol. The summed E-state index contributed by atoms with van der Waals surface area (Å²) in [4.78, 5) is 14.3. The van der Waals surface area contributed by atoms with Crippen LogP contribution in [0.1, 0.15) is 19.3 Å². The number of aromatic nitrogens is 4. The Hall–Kier alpha value is -3.06. The van der Waals surface area contributed by atoms with Gasteiger partial charge in [-0.2, -0.15) is 5.10 Å². The second kappa shape index (κ2) is 7.27. The zero-order valence-electron chi connectivity index (χ0n) is 17.6. The van der Waals surface area contributed by atoms with Crippen LogP contribution < -0.4 is 4.90 Å². The second-order valence-corrected chi connectivity index (χ2v) is 8.74. The molecule has 2 aliphatic heterocycles. The van der Waals surface area contributed by atoms with E-state index in [1.165, 1.54) is 44.1 Å². The molecule has 4 aromatic rings. The van der Waals surface area contributed by atoms with Gasteiger partial charge in [-0.3, -0.25) is 4.68 Å². The Kier molecular flexibility index (Phi) is 4.38. The van der Waals surface area contributed by atoms with Crippen molar-refractivity contribution in [1.29, 1.82) is 0 Å². The summed E-state index contributed by atoms with van der Waals surface area (Å²) in [5.74, 6) is 0.175. The molecule has 0 spiro atoms. The van der Waals surface area contributed by atoms with E-state index < -0.39 is 0 Å². The molecule has 7 heteroatoms. The van der Waals surface area contributed by atoms with Gasteiger partial charge in [0.1, 0.15) is 5.52 Å². The second-order valence-electron chi connectivity index (χ2n) is 8.74.